The molecule has 9 nitrogen and oxygen atoms in total. The van der Waals surface area contributed by atoms with Crippen molar-refractivity contribution >= 4 is 40.9 Å². The van der Waals surface area contributed by atoms with Gasteiger partial charge in [0.1, 0.15) is 5.69 Å². The number of esters is 1. The number of hydrogen-bond donors (Lipinski definition) is 1. The highest BCUT2D eigenvalue weighted by atomic mass is 35.5. The molecule has 3 heterocycles. The number of rotatable bonds is 7. The number of carbonyl (C=O) groups excluding carboxylic acids is 2. The molecule has 0 saturated carbocycles. The molecule has 0 aliphatic carbocycles. The highest BCUT2D eigenvalue weighted by Gasteiger charge is 2.14. The van der Waals surface area contributed by atoms with Crippen LogP contribution in [0.25, 0.3) is 11.5 Å². The molecule has 1 N–H and O–H groups in total. The molecule has 0 unspecified atom stereocenters. The Morgan fingerprint density at radius 3 is 2.79 bits per heavy atom. The van der Waals surface area contributed by atoms with E-state index in [2.05, 4.69) is 25.4 Å². The minimum Gasteiger partial charge on any atom is -0.456 e. The predicted molar refractivity (Wildman–Crippen MR) is 104 cm³/mol. The summed E-state index contributed by atoms with van der Waals surface area (Å²) in [4.78, 5) is 36.1. The van der Waals surface area contributed by atoms with E-state index in [0.717, 1.165) is 0 Å². The van der Waals surface area contributed by atoms with Crippen LogP contribution in [0.1, 0.15) is 18.0 Å². The quantitative estimate of drug-likeness (QED) is 0.561. The molecule has 0 bridgehead atoms. The molecule has 11 heteroatoms. The van der Waals surface area contributed by atoms with Crippen LogP contribution in [0.3, 0.4) is 0 Å². The molecule has 0 aromatic carbocycles. The molecule has 3 aromatic rings. The van der Waals surface area contributed by atoms with Crippen molar-refractivity contribution in [3.8, 4) is 11.5 Å². The predicted octanol–water partition coefficient (Wildman–Crippen LogP) is 3.26. The van der Waals surface area contributed by atoms with Gasteiger partial charge in [0.2, 0.25) is 11.7 Å². The Balaban J connectivity index is 1.45. The first-order valence-corrected chi connectivity index (χ1v) is 9.20. The molecule has 0 aliphatic heterocycles. The fourth-order valence-corrected chi connectivity index (χ4v) is 2.60. The second-order valence-corrected chi connectivity index (χ2v) is 6.64. The maximum atomic E-state index is 11.9. The van der Waals surface area contributed by atoms with Gasteiger partial charge in [-0.25, -0.2) is 4.98 Å². The summed E-state index contributed by atoms with van der Waals surface area (Å²) in [6.45, 7) is 1.19. The van der Waals surface area contributed by atoms with Gasteiger partial charge in [-0.3, -0.25) is 14.6 Å². The molecule has 3 rings (SSSR count). The Labute approximate surface area is 175 Å². The molecule has 0 atom stereocenters. The van der Waals surface area contributed by atoms with Gasteiger partial charge in [-0.2, -0.15) is 4.98 Å². The number of ether oxygens (including phenoxy) is 1. The molecule has 1 amide bonds. The fourth-order valence-electron chi connectivity index (χ4n) is 2.20. The van der Waals surface area contributed by atoms with E-state index in [4.69, 9.17) is 32.5 Å². The van der Waals surface area contributed by atoms with E-state index < -0.39 is 18.5 Å². The number of amides is 1. The van der Waals surface area contributed by atoms with Crippen molar-refractivity contribution < 1.29 is 18.8 Å². The Hall–Kier alpha value is -3.04. The Morgan fingerprint density at radius 2 is 2.03 bits per heavy atom. The van der Waals surface area contributed by atoms with E-state index in [-0.39, 0.29) is 29.6 Å². The molecule has 150 valence electrons. The van der Waals surface area contributed by atoms with E-state index >= 15 is 0 Å². The minimum atomic E-state index is -0.593. The van der Waals surface area contributed by atoms with Gasteiger partial charge in [0, 0.05) is 12.6 Å². The van der Waals surface area contributed by atoms with Crippen molar-refractivity contribution in [3.63, 3.8) is 0 Å². The number of aryl methyl sites for hydroxylation is 2. The smallest absolute Gasteiger partial charge is 0.306 e. The largest absolute Gasteiger partial charge is 0.456 e. The Bertz CT molecular complexity index is 1030. The summed E-state index contributed by atoms with van der Waals surface area (Å²) in [6.07, 6.45) is 1.75. The first kappa shape index (κ1) is 20.7. The lowest BCUT2D eigenvalue weighted by Gasteiger charge is -2.08. The zero-order valence-electron chi connectivity index (χ0n) is 15.2. The van der Waals surface area contributed by atoms with Gasteiger partial charge in [-0.1, -0.05) is 34.4 Å². The highest BCUT2D eigenvalue weighted by Crippen LogP contribution is 2.25. The van der Waals surface area contributed by atoms with Crippen LogP contribution in [0.15, 0.2) is 35.0 Å². The molecule has 0 radical (unpaired) electrons. The van der Waals surface area contributed by atoms with Crippen LogP contribution in [0, 0.1) is 6.92 Å². The average molecular weight is 436 g/mol. The number of aromatic nitrogens is 4. The van der Waals surface area contributed by atoms with E-state index in [9.17, 15) is 9.59 Å². The van der Waals surface area contributed by atoms with Crippen molar-refractivity contribution in [2.45, 2.75) is 19.8 Å². The maximum absolute atomic E-state index is 11.9. The number of anilines is 1. The highest BCUT2D eigenvalue weighted by molar-refractivity contribution is 6.36. The van der Waals surface area contributed by atoms with Crippen molar-refractivity contribution in [1.82, 2.24) is 20.1 Å². The summed E-state index contributed by atoms with van der Waals surface area (Å²) in [5.74, 6) is -0.438. The van der Waals surface area contributed by atoms with Gasteiger partial charge in [0.25, 0.3) is 5.91 Å². The normalized spacial score (nSPS) is 10.6. The summed E-state index contributed by atoms with van der Waals surface area (Å²) in [5.41, 5.74) is 1.07. The van der Waals surface area contributed by atoms with Gasteiger partial charge in [0.15, 0.2) is 12.4 Å². The lowest BCUT2D eigenvalue weighted by Crippen LogP contribution is -2.22. The molecule has 0 fully saturated rings. The zero-order valence-corrected chi connectivity index (χ0v) is 16.7. The van der Waals surface area contributed by atoms with Crippen LogP contribution < -0.4 is 5.32 Å². The summed E-state index contributed by atoms with van der Waals surface area (Å²) < 4.78 is 10.0. The third-order valence-electron chi connectivity index (χ3n) is 3.63. The van der Waals surface area contributed by atoms with Gasteiger partial charge in [0.05, 0.1) is 22.2 Å². The maximum Gasteiger partial charge on any atom is 0.306 e. The number of carbonyl (C=O) groups is 2. The van der Waals surface area contributed by atoms with E-state index in [1.54, 1.807) is 31.3 Å². The van der Waals surface area contributed by atoms with E-state index in [1.165, 1.54) is 6.07 Å². The first-order valence-electron chi connectivity index (χ1n) is 8.44. The van der Waals surface area contributed by atoms with Gasteiger partial charge < -0.3 is 14.6 Å². The summed E-state index contributed by atoms with van der Waals surface area (Å²) in [5, 5.41) is 6.84. The van der Waals surface area contributed by atoms with Gasteiger partial charge in [-0.15, -0.1) is 0 Å². The lowest BCUT2D eigenvalue weighted by atomic mass is 10.3. The van der Waals surface area contributed by atoms with Crippen molar-refractivity contribution in [1.29, 1.82) is 0 Å². The Morgan fingerprint density at radius 1 is 1.21 bits per heavy atom. The summed E-state index contributed by atoms with van der Waals surface area (Å²) in [7, 11) is 0. The molecule has 0 saturated heterocycles. The number of halogens is 2. The average Bonchev–Trinajstić information content (AvgIpc) is 3.19. The van der Waals surface area contributed by atoms with Crippen molar-refractivity contribution in [2.24, 2.45) is 0 Å². The second-order valence-electron chi connectivity index (χ2n) is 5.82. The van der Waals surface area contributed by atoms with Gasteiger partial charge in [-0.05, 0) is 25.1 Å². The third-order valence-corrected chi connectivity index (χ3v) is 4.30. The monoisotopic (exact) mass is 435 g/mol. The molecule has 0 aliphatic rings. The Kier molecular flexibility index (Phi) is 6.73. The summed E-state index contributed by atoms with van der Waals surface area (Å²) in [6, 6.07) is 6.78. The lowest BCUT2D eigenvalue weighted by molar-refractivity contribution is -0.147. The third kappa shape index (κ3) is 5.72. The van der Waals surface area contributed by atoms with Crippen LogP contribution in [0.4, 0.5) is 5.82 Å². The standard InChI is InChI=1S/C18H15Cl2N5O4/c1-10-11(19)8-12(20)17(22-10)23-14(26)9-28-16(27)6-5-15-24-18(25-29-15)13-4-2-3-7-21-13/h2-4,7-8H,5-6,9H2,1H3,(H,22,23,26). The molecular formula is C18H15Cl2N5O4. The SMILES string of the molecule is Cc1nc(NC(=O)COC(=O)CCc2nc(-c3ccccn3)no2)c(Cl)cc1Cl. The van der Waals surface area contributed by atoms with Crippen LogP contribution in [0.2, 0.25) is 10.0 Å². The van der Waals surface area contributed by atoms with Gasteiger partial charge >= 0.3 is 5.97 Å². The van der Waals surface area contributed by atoms with Crippen LogP contribution in [0.5, 0.6) is 0 Å². The molecular weight excluding hydrogens is 421 g/mol. The topological polar surface area (TPSA) is 120 Å². The summed E-state index contributed by atoms with van der Waals surface area (Å²) >= 11 is 11.9. The zero-order chi connectivity index (χ0) is 20.8. The molecule has 29 heavy (non-hydrogen) atoms. The second kappa shape index (κ2) is 9.44. The number of nitrogens with zero attached hydrogens (tertiary/aromatic N) is 4. The first-order chi connectivity index (χ1) is 13.9. The molecule has 0 spiro atoms. The minimum absolute atomic E-state index is 0.0316. The number of pyridine rings is 2. The van der Waals surface area contributed by atoms with Crippen molar-refractivity contribution in [2.75, 3.05) is 11.9 Å². The van der Waals surface area contributed by atoms with Crippen molar-refractivity contribution in [3.05, 3.63) is 52.1 Å². The molecule has 3 aromatic heterocycles. The van der Waals surface area contributed by atoms with E-state index in [1.807, 2.05) is 0 Å². The van der Waals surface area contributed by atoms with Crippen LogP contribution >= 0.6 is 23.2 Å². The fraction of sp³-hybridized carbons (Fsp3) is 0.222. The van der Waals surface area contributed by atoms with Crippen LogP contribution in [-0.2, 0) is 20.7 Å². The number of hydrogen-bond acceptors (Lipinski definition) is 8. The van der Waals surface area contributed by atoms with Crippen LogP contribution in [-0.4, -0.2) is 38.6 Å². The van der Waals surface area contributed by atoms with E-state index in [0.29, 0.717) is 22.2 Å². The number of nitrogens with one attached hydrogen (secondary N) is 1.